The molecule has 0 radical (unpaired) electrons. The van der Waals surface area contributed by atoms with E-state index in [0.717, 1.165) is 22.8 Å². The van der Waals surface area contributed by atoms with E-state index in [2.05, 4.69) is 16.0 Å². The SMILES string of the molecule is Cc1c(C(=O)NN)oc2c1/C(=N/NC(=O)c1cccc3ccccc13)CCC2. The van der Waals surface area contributed by atoms with Crippen molar-refractivity contribution in [1.82, 2.24) is 10.9 Å². The molecule has 0 atom stereocenters. The molecule has 0 aliphatic heterocycles. The maximum atomic E-state index is 12.7. The van der Waals surface area contributed by atoms with Crippen LogP contribution in [0.15, 0.2) is 52.0 Å². The standard InChI is InChI=1S/C21H20N4O3/c1-12-18-16(10-5-11-17(18)28-19(12)21(27)23-22)24-25-20(26)15-9-4-7-13-6-2-3-8-14(13)15/h2-4,6-9H,5,10-11,22H2,1H3,(H,23,27)(H,25,26)/b24-16+. The number of hydrazine groups is 1. The van der Waals surface area contributed by atoms with E-state index in [1.165, 1.54) is 0 Å². The minimum atomic E-state index is -0.481. The monoisotopic (exact) mass is 376 g/mol. The van der Waals surface area contributed by atoms with E-state index < -0.39 is 5.91 Å². The largest absolute Gasteiger partial charge is 0.455 e. The minimum absolute atomic E-state index is 0.183. The number of fused-ring (bicyclic) bond motifs is 2. The number of nitrogens with two attached hydrogens (primary N) is 1. The van der Waals surface area contributed by atoms with Crippen LogP contribution in [0.2, 0.25) is 0 Å². The van der Waals surface area contributed by atoms with Crippen LogP contribution in [0.4, 0.5) is 0 Å². The minimum Gasteiger partial charge on any atom is -0.455 e. The summed E-state index contributed by atoms with van der Waals surface area (Å²) in [4.78, 5) is 24.6. The van der Waals surface area contributed by atoms with Crippen molar-refractivity contribution in [2.45, 2.75) is 26.2 Å². The summed E-state index contributed by atoms with van der Waals surface area (Å²) in [7, 11) is 0. The van der Waals surface area contributed by atoms with Gasteiger partial charge in [0, 0.05) is 23.1 Å². The van der Waals surface area contributed by atoms with Gasteiger partial charge in [-0.3, -0.25) is 15.0 Å². The Morgan fingerprint density at radius 1 is 1.07 bits per heavy atom. The Balaban J connectivity index is 1.65. The lowest BCUT2D eigenvalue weighted by atomic mass is 9.93. The number of nitrogens with zero attached hydrogens (tertiary/aromatic N) is 1. The molecule has 1 aliphatic carbocycles. The first-order chi connectivity index (χ1) is 13.6. The van der Waals surface area contributed by atoms with Crippen molar-refractivity contribution < 1.29 is 14.0 Å². The van der Waals surface area contributed by atoms with Gasteiger partial charge < -0.3 is 4.42 Å². The second-order valence-electron chi connectivity index (χ2n) is 6.71. The molecule has 4 rings (SSSR count). The van der Waals surface area contributed by atoms with E-state index in [1.807, 2.05) is 36.4 Å². The summed E-state index contributed by atoms with van der Waals surface area (Å²) in [6.07, 6.45) is 2.23. The van der Waals surface area contributed by atoms with Gasteiger partial charge in [-0.25, -0.2) is 11.3 Å². The molecule has 1 aliphatic rings. The van der Waals surface area contributed by atoms with Gasteiger partial charge >= 0.3 is 5.91 Å². The Morgan fingerprint density at radius 2 is 1.86 bits per heavy atom. The molecule has 7 heteroatoms. The summed E-state index contributed by atoms with van der Waals surface area (Å²) in [5.74, 6) is 5.34. The molecule has 2 aromatic carbocycles. The predicted molar refractivity (Wildman–Crippen MR) is 106 cm³/mol. The summed E-state index contributed by atoms with van der Waals surface area (Å²) < 4.78 is 5.68. The van der Waals surface area contributed by atoms with Crippen molar-refractivity contribution in [2.24, 2.45) is 10.9 Å². The molecule has 0 saturated carbocycles. The molecule has 2 amide bonds. The number of hydrogen-bond acceptors (Lipinski definition) is 5. The zero-order chi connectivity index (χ0) is 19.7. The molecule has 4 N–H and O–H groups in total. The van der Waals surface area contributed by atoms with Gasteiger partial charge in [-0.15, -0.1) is 0 Å². The molecular weight excluding hydrogens is 356 g/mol. The van der Waals surface area contributed by atoms with Gasteiger partial charge in [0.15, 0.2) is 5.76 Å². The Hall–Kier alpha value is -3.45. The number of nitrogen functional groups attached to an aromatic ring is 1. The van der Waals surface area contributed by atoms with Crippen LogP contribution in [-0.4, -0.2) is 17.5 Å². The number of hydrazone groups is 1. The number of furan rings is 1. The number of benzene rings is 2. The molecule has 1 aromatic heterocycles. The van der Waals surface area contributed by atoms with Gasteiger partial charge in [-0.05, 0) is 36.6 Å². The van der Waals surface area contributed by atoms with Crippen molar-refractivity contribution in [1.29, 1.82) is 0 Å². The molecular formula is C21H20N4O3. The number of nitrogens with one attached hydrogen (secondary N) is 2. The van der Waals surface area contributed by atoms with Crippen molar-refractivity contribution in [3.63, 3.8) is 0 Å². The molecule has 0 spiro atoms. The highest BCUT2D eigenvalue weighted by molar-refractivity contribution is 6.09. The highest BCUT2D eigenvalue weighted by atomic mass is 16.4. The molecule has 3 aromatic rings. The van der Waals surface area contributed by atoms with Gasteiger partial charge in [-0.2, -0.15) is 5.10 Å². The number of carbonyl (C=O) groups excluding carboxylic acids is 2. The maximum absolute atomic E-state index is 12.7. The predicted octanol–water partition coefficient (Wildman–Crippen LogP) is 2.82. The highest BCUT2D eigenvalue weighted by Gasteiger charge is 2.27. The first kappa shape index (κ1) is 17.9. The highest BCUT2D eigenvalue weighted by Crippen LogP contribution is 2.29. The van der Waals surface area contributed by atoms with Crippen LogP contribution < -0.4 is 16.7 Å². The fraction of sp³-hybridized carbons (Fsp3) is 0.190. The van der Waals surface area contributed by atoms with Gasteiger partial charge in [0.25, 0.3) is 5.91 Å². The third-order valence-electron chi connectivity index (χ3n) is 4.99. The van der Waals surface area contributed by atoms with Crippen LogP contribution >= 0.6 is 0 Å². The van der Waals surface area contributed by atoms with E-state index in [1.54, 1.807) is 13.0 Å². The summed E-state index contributed by atoms with van der Waals surface area (Å²) in [6.45, 7) is 1.79. The third-order valence-corrected chi connectivity index (χ3v) is 4.99. The second kappa shape index (κ2) is 7.28. The normalized spacial score (nSPS) is 14.7. The summed E-state index contributed by atoms with van der Waals surface area (Å²) in [5, 5.41) is 6.22. The molecule has 0 saturated heterocycles. The topological polar surface area (TPSA) is 110 Å². The lowest BCUT2D eigenvalue weighted by Crippen LogP contribution is -2.30. The van der Waals surface area contributed by atoms with Crippen LogP contribution in [0.1, 0.15) is 50.6 Å². The lowest BCUT2D eigenvalue weighted by molar-refractivity contribution is 0.0921. The molecule has 142 valence electrons. The van der Waals surface area contributed by atoms with Gasteiger partial charge in [0.1, 0.15) is 5.76 Å². The first-order valence-corrected chi connectivity index (χ1v) is 9.08. The summed E-state index contributed by atoms with van der Waals surface area (Å²) in [6, 6.07) is 13.3. The molecule has 1 heterocycles. The van der Waals surface area contributed by atoms with Gasteiger partial charge in [0.05, 0.1) is 5.71 Å². The zero-order valence-electron chi connectivity index (χ0n) is 15.4. The van der Waals surface area contributed by atoms with Gasteiger partial charge in [0.2, 0.25) is 0 Å². The third kappa shape index (κ3) is 3.05. The van der Waals surface area contributed by atoms with Crippen LogP contribution in [0, 0.1) is 6.92 Å². The fourth-order valence-corrected chi connectivity index (χ4v) is 3.66. The van der Waals surface area contributed by atoms with Crippen LogP contribution in [0.3, 0.4) is 0 Å². The number of amides is 2. The lowest BCUT2D eigenvalue weighted by Gasteiger charge is -2.13. The molecule has 0 unspecified atom stereocenters. The maximum Gasteiger partial charge on any atom is 0.301 e. The Bertz CT molecular complexity index is 1110. The smallest absolute Gasteiger partial charge is 0.301 e. The van der Waals surface area contributed by atoms with Crippen LogP contribution in [0.5, 0.6) is 0 Å². The average molecular weight is 376 g/mol. The Morgan fingerprint density at radius 3 is 2.68 bits per heavy atom. The van der Waals surface area contributed by atoms with E-state index in [4.69, 9.17) is 10.3 Å². The molecule has 0 bridgehead atoms. The van der Waals surface area contributed by atoms with Crippen molar-refractivity contribution >= 4 is 28.3 Å². The van der Waals surface area contributed by atoms with Crippen LogP contribution in [0.25, 0.3) is 10.8 Å². The fourth-order valence-electron chi connectivity index (χ4n) is 3.66. The first-order valence-electron chi connectivity index (χ1n) is 9.08. The van der Waals surface area contributed by atoms with E-state index in [-0.39, 0.29) is 11.7 Å². The van der Waals surface area contributed by atoms with Crippen molar-refractivity contribution in [2.75, 3.05) is 0 Å². The molecule has 0 fully saturated rings. The van der Waals surface area contributed by atoms with E-state index >= 15 is 0 Å². The van der Waals surface area contributed by atoms with Crippen molar-refractivity contribution in [3.8, 4) is 0 Å². The number of carbonyl (C=O) groups is 2. The van der Waals surface area contributed by atoms with Gasteiger partial charge in [-0.1, -0.05) is 36.4 Å². The van der Waals surface area contributed by atoms with E-state index in [0.29, 0.717) is 35.4 Å². The number of rotatable bonds is 3. The zero-order valence-corrected chi connectivity index (χ0v) is 15.4. The average Bonchev–Trinajstić information content (AvgIpc) is 3.08. The summed E-state index contributed by atoms with van der Waals surface area (Å²) >= 11 is 0. The number of hydrogen-bond donors (Lipinski definition) is 3. The molecule has 7 nitrogen and oxygen atoms in total. The van der Waals surface area contributed by atoms with Crippen LogP contribution in [-0.2, 0) is 6.42 Å². The number of aryl methyl sites for hydroxylation is 1. The second-order valence-corrected chi connectivity index (χ2v) is 6.71. The van der Waals surface area contributed by atoms with Crippen molar-refractivity contribution in [3.05, 3.63) is 70.7 Å². The Labute approximate surface area is 161 Å². The molecule has 28 heavy (non-hydrogen) atoms. The summed E-state index contributed by atoms with van der Waals surface area (Å²) in [5.41, 5.74) is 7.48. The quantitative estimate of drug-likeness (QED) is 0.371. The van der Waals surface area contributed by atoms with E-state index in [9.17, 15) is 9.59 Å². The Kier molecular flexibility index (Phi) is 4.67.